The van der Waals surface area contributed by atoms with E-state index >= 15 is 0 Å². The Hall–Kier alpha value is -0.900. The maximum Gasteiger partial charge on any atom is 0.129 e. The van der Waals surface area contributed by atoms with E-state index in [4.69, 9.17) is 11.6 Å². The zero-order chi connectivity index (χ0) is 12.4. The number of halogens is 2. The van der Waals surface area contributed by atoms with Gasteiger partial charge >= 0.3 is 0 Å². The Balaban J connectivity index is 2.19. The molecule has 2 aromatic rings. The zero-order valence-electron chi connectivity index (χ0n) is 9.28. The summed E-state index contributed by atoms with van der Waals surface area (Å²) in [5, 5.41) is 10.0. The first kappa shape index (κ1) is 12.6. The Morgan fingerprint density at radius 2 is 2.12 bits per heavy atom. The van der Waals surface area contributed by atoms with Crippen molar-refractivity contribution in [1.82, 2.24) is 0 Å². The monoisotopic (exact) mass is 270 g/mol. The Bertz CT molecular complexity index is 524. The van der Waals surface area contributed by atoms with Crippen molar-refractivity contribution in [1.29, 1.82) is 0 Å². The maximum atomic E-state index is 13.5. The van der Waals surface area contributed by atoms with Gasteiger partial charge in [-0.2, -0.15) is 0 Å². The normalized spacial score (nSPS) is 12.7. The van der Waals surface area contributed by atoms with Gasteiger partial charge in [-0.1, -0.05) is 29.3 Å². The smallest absolute Gasteiger partial charge is 0.129 e. The van der Waals surface area contributed by atoms with Gasteiger partial charge in [0.05, 0.1) is 10.4 Å². The fourth-order valence-corrected chi connectivity index (χ4v) is 2.80. The van der Waals surface area contributed by atoms with Gasteiger partial charge in [-0.3, -0.25) is 0 Å². The fraction of sp³-hybridized carbons (Fsp3) is 0.231. The summed E-state index contributed by atoms with van der Waals surface area (Å²) < 4.78 is 14.2. The number of benzene rings is 1. The number of rotatable bonds is 3. The molecule has 2 rings (SSSR count). The number of thiophene rings is 1. The second-order valence-electron chi connectivity index (χ2n) is 3.95. The summed E-state index contributed by atoms with van der Waals surface area (Å²) in [5.41, 5.74) is 1.28. The van der Waals surface area contributed by atoms with Crippen molar-refractivity contribution in [3.63, 3.8) is 0 Å². The predicted molar refractivity (Wildman–Crippen MR) is 69.1 cm³/mol. The van der Waals surface area contributed by atoms with Crippen LogP contribution in [0.25, 0.3) is 0 Å². The van der Waals surface area contributed by atoms with Gasteiger partial charge in [0.2, 0.25) is 0 Å². The first-order chi connectivity index (χ1) is 8.06. The summed E-state index contributed by atoms with van der Waals surface area (Å²) in [6.07, 6.45) is -0.442. The lowest BCUT2D eigenvalue weighted by atomic mass is 10.0. The molecule has 0 radical (unpaired) electrons. The maximum absolute atomic E-state index is 13.5. The molecule has 0 fully saturated rings. The molecule has 4 heteroatoms. The third-order valence-corrected chi connectivity index (χ3v) is 3.79. The Morgan fingerprint density at radius 3 is 2.76 bits per heavy atom. The van der Waals surface area contributed by atoms with Crippen molar-refractivity contribution < 1.29 is 9.50 Å². The summed E-state index contributed by atoms with van der Waals surface area (Å²) in [7, 11) is 0. The molecule has 1 heterocycles. The van der Waals surface area contributed by atoms with E-state index in [-0.39, 0.29) is 5.82 Å². The summed E-state index contributed by atoms with van der Waals surface area (Å²) in [4.78, 5) is 0.948. The summed E-state index contributed by atoms with van der Waals surface area (Å²) in [6.45, 7) is 1.87. The van der Waals surface area contributed by atoms with E-state index in [9.17, 15) is 9.50 Å². The van der Waals surface area contributed by atoms with Crippen molar-refractivity contribution in [2.75, 3.05) is 0 Å². The standard InChI is InChI=1S/C13H12ClFOS/c1-8-2-4-11(15)10(6-8)12(16)7-9-3-5-13(14)17-9/h2-6,12,16H,7H2,1H3. The van der Waals surface area contributed by atoms with Crippen LogP contribution in [0.2, 0.25) is 4.34 Å². The number of aryl methyl sites for hydroxylation is 1. The molecule has 0 saturated heterocycles. The quantitative estimate of drug-likeness (QED) is 0.889. The molecular formula is C13H12ClFOS. The Kier molecular flexibility index (Phi) is 3.82. The van der Waals surface area contributed by atoms with Crippen LogP contribution in [0.3, 0.4) is 0 Å². The first-order valence-electron chi connectivity index (χ1n) is 5.24. The molecule has 0 spiro atoms. The molecule has 0 aliphatic carbocycles. The van der Waals surface area contributed by atoms with Crippen LogP contribution in [0.5, 0.6) is 0 Å². The minimum absolute atomic E-state index is 0.342. The van der Waals surface area contributed by atoms with Gasteiger partial charge < -0.3 is 5.11 Å². The number of hydrogen-bond donors (Lipinski definition) is 1. The van der Waals surface area contributed by atoms with Crippen molar-refractivity contribution in [3.8, 4) is 0 Å². The second-order valence-corrected chi connectivity index (χ2v) is 5.75. The van der Waals surface area contributed by atoms with Crippen molar-refractivity contribution in [2.24, 2.45) is 0 Å². The number of aliphatic hydroxyl groups is 1. The van der Waals surface area contributed by atoms with Gasteiger partial charge in [-0.15, -0.1) is 11.3 Å². The third-order valence-electron chi connectivity index (χ3n) is 2.53. The van der Waals surface area contributed by atoms with Crippen molar-refractivity contribution >= 4 is 22.9 Å². The van der Waals surface area contributed by atoms with Crippen LogP contribution in [0.4, 0.5) is 4.39 Å². The lowest BCUT2D eigenvalue weighted by Crippen LogP contribution is -2.03. The lowest BCUT2D eigenvalue weighted by Gasteiger charge is -2.11. The van der Waals surface area contributed by atoms with Crippen LogP contribution >= 0.6 is 22.9 Å². The molecule has 1 N–H and O–H groups in total. The van der Waals surface area contributed by atoms with E-state index < -0.39 is 6.10 Å². The summed E-state index contributed by atoms with van der Waals surface area (Å²) in [6, 6.07) is 8.38. The van der Waals surface area contributed by atoms with Gasteiger partial charge in [0.25, 0.3) is 0 Å². The highest BCUT2D eigenvalue weighted by atomic mass is 35.5. The summed E-state index contributed by atoms with van der Waals surface area (Å²) in [5.74, 6) is -0.370. The fourth-order valence-electron chi connectivity index (χ4n) is 1.68. The highest BCUT2D eigenvalue weighted by Gasteiger charge is 2.14. The first-order valence-corrected chi connectivity index (χ1v) is 6.44. The summed E-state index contributed by atoms with van der Waals surface area (Å²) >= 11 is 7.21. The molecule has 0 bridgehead atoms. The zero-order valence-corrected chi connectivity index (χ0v) is 10.9. The SMILES string of the molecule is Cc1ccc(F)c(C(O)Cc2ccc(Cl)s2)c1. The number of aliphatic hydroxyl groups excluding tert-OH is 1. The largest absolute Gasteiger partial charge is 0.388 e. The lowest BCUT2D eigenvalue weighted by molar-refractivity contribution is 0.174. The predicted octanol–water partition coefficient (Wildman–Crippen LogP) is 4.13. The molecule has 1 atom stereocenters. The van der Waals surface area contributed by atoms with Crippen molar-refractivity contribution in [2.45, 2.75) is 19.4 Å². The molecule has 0 amide bonds. The molecule has 1 nitrogen and oxygen atoms in total. The van der Waals surface area contributed by atoms with Gasteiger partial charge in [0.15, 0.2) is 0 Å². The van der Waals surface area contributed by atoms with E-state index in [1.165, 1.54) is 17.4 Å². The molecular weight excluding hydrogens is 259 g/mol. The van der Waals surface area contributed by atoms with Crippen LogP contribution < -0.4 is 0 Å². The average molecular weight is 271 g/mol. The molecule has 1 unspecified atom stereocenters. The molecule has 0 saturated carbocycles. The van der Waals surface area contributed by atoms with Gasteiger partial charge in [0.1, 0.15) is 5.82 Å². The van der Waals surface area contributed by atoms with E-state index in [1.54, 1.807) is 18.2 Å². The molecule has 0 aliphatic heterocycles. The number of hydrogen-bond acceptors (Lipinski definition) is 2. The topological polar surface area (TPSA) is 20.2 Å². The van der Waals surface area contributed by atoms with Gasteiger partial charge in [-0.25, -0.2) is 4.39 Å². The average Bonchev–Trinajstić information content (AvgIpc) is 2.67. The molecule has 0 aliphatic rings. The molecule has 1 aromatic carbocycles. The van der Waals surface area contributed by atoms with E-state index in [0.717, 1.165) is 10.4 Å². The third kappa shape index (κ3) is 3.06. The van der Waals surface area contributed by atoms with Gasteiger partial charge in [-0.05, 0) is 25.1 Å². The van der Waals surface area contributed by atoms with Crippen LogP contribution in [0, 0.1) is 12.7 Å². The molecule has 90 valence electrons. The minimum Gasteiger partial charge on any atom is -0.388 e. The van der Waals surface area contributed by atoms with Gasteiger partial charge in [0, 0.05) is 16.9 Å². The van der Waals surface area contributed by atoms with E-state index in [0.29, 0.717) is 16.3 Å². The van der Waals surface area contributed by atoms with Crippen LogP contribution in [-0.2, 0) is 6.42 Å². The van der Waals surface area contributed by atoms with Crippen LogP contribution in [0.1, 0.15) is 22.1 Å². The molecule has 17 heavy (non-hydrogen) atoms. The van der Waals surface area contributed by atoms with Crippen molar-refractivity contribution in [3.05, 3.63) is 56.5 Å². The highest BCUT2D eigenvalue weighted by molar-refractivity contribution is 7.16. The highest BCUT2D eigenvalue weighted by Crippen LogP contribution is 2.27. The minimum atomic E-state index is -0.829. The Labute approximate surface area is 108 Å². The van der Waals surface area contributed by atoms with E-state index in [1.807, 2.05) is 13.0 Å². The van der Waals surface area contributed by atoms with E-state index in [2.05, 4.69) is 0 Å². The molecule has 1 aromatic heterocycles. The van der Waals surface area contributed by atoms with Crippen LogP contribution in [0.15, 0.2) is 30.3 Å². The van der Waals surface area contributed by atoms with Crippen LogP contribution in [-0.4, -0.2) is 5.11 Å². The second kappa shape index (κ2) is 5.17. The Morgan fingerprint density at radius 1 is 1.35 bits per heavy atom.